The van der Waals surface area contributed by atoms with Gasteiger partial charge in [-0.25, -0.2) is 4.98 Å². The highest BCUT2D eigenvalue weighted by Crippen LogP contribution is 2.26. The van der Waals surface area contributed by atoms with Crippen LogP contribution in [0.15, 0.2) is 6.20 Å². The number of piperidine rings is 1. The van der Waals surface area contributed by atoms with E-state index < -0.39 is 0 Å². The number of anilines is 2. The lowest BCUT2D eigenvalue weighted by molar-refractivity contribution is 0.208. The van der Waals surface area contributed by atoms with Crippen LogP contribution in [0.3, 0.4) is 0 Å². The van der Waals surface area contributed by atoms with Crippen molar-refractivity contribution in [2.24, 2.45) is 5.92 Å². The molecule has 1 aromatic heterocycles. The average molecular weight is 243 g/mol. The van der Waals surface area contributed by atoms with Crippen molar-refractivity contribution in [3.63, 3.8) is 0 Å². The highest BCUT2D eigenvalue weighted by molar-refractivity contribution is 6.28. The van der Waals surface area contributed by atoms with E-state index in [2.05, 4.69) is 14.9 Å². The Balaban J connectivity index is 2.19. The van der Waals surface area contributed by atoms with E-state index >= 15 is 0 Å². The number of nitrogen functional groups attached to an aromatic ring is 1. The van der Waals surface area contributed by atoms with Crippen LogP contribution in [0.25, 0.3) is 0 Å². The molecule has 6 heteroatoms. The fourth-order valence-electron chi connectivity index (χ4n) is 2.02. The van der Waals surface area contributed by atoms with Gasteiger partial charge in [0.15, 0.2) is 5.82 Å². The summed E-state index contributed by atoms with van der Waals surface area (Å²) in [5.41, 5.74) is 6.35. The summed E-state index contributed by atoms with van der Waals surface area (Å²) < 4.78 is 0. The van der Waals surface area contributed by atoms with Crippen LogP contribution in [0.1, 0.15) is 12.8 Å². The second-order valence-corrected chi connectivity index (χ2v) is 4.39. The van der Waals surface area contributed by atoms with Crippen LogP contribution in [0.2, 0.25) is 5.28 Å². The molecule has 5 nitrogen and oxygen atoms in total. The summed E-state index contributed by atoms with van der Waals surface area (Å²) in [6, 6.07) is 0. The molecule has 88 valence electrons. The van der Waals surface area contributed by atoms with E-state index in [1.54, 1.807) is 0 Å². The van der Waals surface area contributed by atoms with Crippen molar-refractivity contribution in [3.05, 3.63) is 11.5 Å². The van der Waals surface area contributed by atoms with E-state index in [0.29, 0.717) is 17.4 Å². The number of nitrogens with zero attached hydrogens (tertiary/aromatic N) is 3. The third-order valence-electron chi connectivity index (χ3n) is 2.84. The highest BCUT2D eigenvalue weighted by Gasteiger charge is 2.22. The molecule has 1 aliphatic rings. The van der Waals surface area contributed by atoms with E-state index in [1.807, 2.05) is 0 Å². The van der Waals surface area contributed by atoms with Gasteiger partial charge in [-0.1, -0.05) is 0 Å². The lowest BCUT2D eigenvalue weighted by atomic mass is 9.99. The summed E-state index contributed by atoms with van der Waals surface area (Å²) >= 11 is 5.75. The van der Waals surface area contributed by atoms with Gasteiger partial charge >= 0.3 is 0 Å². The predicted molar refractivity (Wildman–Crippen MR) is 63.5 cm³/mol. The van der Waals surface area contributed by atoms with Crippen molar-refractivity contribution < 1.29 is 5.11 Å². The van der Waals surface area contributed by atoms with Gasteiger partial charge in [-0.3, -0.25) is 0 Å². The van der Waals surface area contributed by atoms with Gasteiger partial charge in [-0.15, -0.1) is 0 Å². The summed E-state index contributed by atoms with van der Waals surface area (Å²) in [6.07, 6.45) is 3.60. The smallest absolute Gasteiger partial charge is 0.224 e. The molecule has 0 spiro atoms. The van der Waals surface area contributed by atoms with Crippen LogP contribution >= 0.6 is 11.6 Å². The Morgan fingerprint density at radius 2 is 2.44 bits per heavy atom. The van der Waals surface area contributed by atoms with Crippen molar-refractivity contribution >= 4 is 23.1 Å². The summed E-state index contributed by atoms with van der Waals surface area (Å²) in [7, 11) is 0. The number of hydrogen-bond donors (Lipinski definition) is 2. The van der Waals surface area contributed by atoms with E-state index in [-0.39, 0.29) is 11.9 Å². The van der Waals surface area contributed by atoms with Crippen molar-refractivity contribution in [2.45, 2.75) is 12.8 Å². The molecule has 1 aliphatic heterocycles. The summed E-state index contributed by atoms with van der Waals surface area (Å²) in [5.74, 6) is 0.972. The maximum atomic E-state index is 9.16. The minimum absolute atomic E-state index is 0.204. The molecule has 1 aromatic rings. The van der Waals surface area contributed by atoms with Gasteiger partial charge in [0.2, 0.25) is 5.28 Å². The molecule has 0 aliphatic carbocycles. The van der Waals surface area contributed by atoms with Gasteiger partial charge in [-0.2, -0.15) is 4.98 Å². The maximum absolute atomic E-state index is 9.16. The lowest BCUT2D eigenvalue weighted by Gasteiger charge is -2.33. The Labute approximate surface area is 99.3 Å². The quantitative estimate of drug-likeness (QED) is 0.755. The second-order valence-electron chi connectivity index (χ2n) is 4.05. The number of hydrogen-bond acceptors (Lipinski definition) is 5. The first kappa shape index (κ1) is 11.4. The molecule has 2 rings (SSSR count). The molecular weight excluding hydrogens is 228 g/mol. The number of aliphatic hydroxyl groups excluding tert-OH is 1. The Hall–Kier alpha value is -1.07. The number of aliphatic hydroxyl groups is 1. The minimum Gasteiger partial charge on any atom is -0.396 e. The van der Waals surface area contributed by atoms with Gasteiger partial charge in [0.1, 0.15) is 0 Å². The number of aromatic nitrogens is 2. The SMILES string of the molecule is Nc1cnc(Cl)nc1N1CCCC(CO)C1. The van der Waals surface area contributed by atoms with Crippen LogP contribution in [0.4, 0.5) is 11.5 Å². The standard InChI is InChI=1S/C10H15ClN4O/c11-10-13-4-8(12)9(14-10)15-3-1-2-7(5-15)6-16/h4,7,16H,1-3,5-6,12H2. The normalized spacial score (nSPS) is 21.1. The van der Waals surface area contributed by atoms with Crippen LogP contribution in [0, 0.1) is 5.92 Å². The molecule has 3 N–H and O–H groups in total. The van der Waals surface area contributed by atoms with Crippen molar-refractivity contribution in [3.8, 4) is 0 Å². The monoisotopic (exact) mass is 242 g/mol. The number of halogens is 1. The van der Waals surface area contributed by atoms with Crippen molar-refractivity contribution in [1.82, 2.24) is 9.97 Å². The van der Waals surface area contributed by atoms with E-state index in [0.717, 1.165) is 25.9 Å². The zero-order valence-electron chi connectivity index (χ0n) is 8.93. The fourth-order valence-corrected chi connectivity index (χ4v) is 2.15. The Morgan fingerprint density at radius 3 is 3.19 bits per heavy atom. The molecule has 1 fully saturated rings. The molecule has 0 radical (unpaired) electrons. The molecule has 0 aromatic carbocycles. The molecule has 2 heterocycles. The number of rotatable bonds is 2. The van der Waals surface area contributed by atoms with E-state index in [4.69, 9.17) is 22.4 Å². The van der Waals surface area contributed by atoms with Crippen molar-refractivity contribution in [2.75, 3.05) is 30.3 Å². The topological polar surface area (TPSA) is 75.3 Å². The minimum atomic E-state index is 0.204. The largest absolute Gasteiger partial charge is 0.396 e. The molecule has 1 unspecified atom stereocenters. The third kappa shape index (κ3) is 2.36. The molecule has 16 heavy (non-hydrogen) atoms. The lowest BCUT2D eigenvalue weighted by Crippen LogP contribution is -2.37. The Morgan fingerprint density at radius 1 is 1.62 bits per heavy atom. The molecule has 1 saturated heterocycles. The first-order valence-corrected chi connectivity index (χ1v) is 5.72. The first-order valence-electron chi connectivity index (χ1n) is 5.34. The summed E-state index contributed by atoms with van der Waals surface area (Å²) in [5, 5.41) is 9.37. The zero-order valence-corrected chi connectivity index (χ0v) is 9.69. The first-order chi connectivity index (χ1) is 7.70. The summed E-state index contributed by atoms with van der Waals surface area (Å²) in [6.45, 7) is 1.87. The van der Waals surface area contributed by atoms with Crippen molar-refractivity contribution in [1.29, 1.82) is 0 Å². The molecule has 0 amide bonds. The molecule has 1 atom stereocenters. The molecule has 0 saturated carbocycles. The van der Waals surface area contributed by atoms with E-state index in [9.17, 15) is 0 Å². The van der Waals surface area contributed by atoms with Gasteiger partial charge in [0.25, 0.3) is 0 Å². The predicted octanol–water partition coefficient (Wildman–Crippen LogP) is 0.921. The van der Waals surface area contributed by atoms with Crippen LogP contribution in [-0.4, -0.2) is 34.8 Å². The van der Waals surface area contributed by atoms with Gasteiger partial charge < -0.3 is 15.7 Å². The third-order valence-corrected chi connectivity index (χ3v) is 3.03. The van der Waals surface area contributed by atoms with Gasteiger partial charge in [0.05, 0.1) is 11.9 Å². The summed E-state index contributed by atoms with van der Waals surface area (Å²) in [4.78, 5) is 10.0. The van der Waals surface area contributed by atoms with Crippen LogP contribution < -0.4 is 10.6 Å². The highest BCUT2D eigenvalue weighted by atomic mass is 35.5. The molecule has 0 bridgehead atoms. The second kappa shape index (κ2) is 4.84. The zero-order chi connectivity index (χ0) is 11.5. The Kier molecular flexibility index (Phi) is 3.46. The average Bonchev–Trinajstić information content (AvgIpc) is 2.32. The fraction of sp³-hybridized carbons (Fsp3) is 0.600. The van der Waals surface area contributed by atoms with Gasteiger partial charge in [0, 0.05) is 19.7 Å². The van der Waals surface area contributed by atoms with Crippen LogP contribution in [0.5, 0.6) is 0 Å². The van der Waals surface area contributed by atoms with E-state index in [1.165, 1.54) is 6.20 Å². The number of nitrogens with two attached hydrogens (primary N) is 1. The maximum Gasteiger partial charge on any atom is 0.224 e. The van der Waals surface area contributed by atoms with Crippen LogP contribution in [-0.2, 0) is 0 Å². The molecular formula is C10H15ClN4O. The van der Waals surface area contributed by atoms with Gasteiger partial charge in [-0.05, 0) is 30.4 Å². The Bertz CT molecular complexity index is 374.